The highest BCUT2D eigenvalue weighted by Crippen LogP contribution is 2.28. The summed E-state index contributed by atoms with van der Waals surface area (Å²) in [6.45, 7) is 1.86. The predicted molar refractivity (Wildman–Crippen MR) is 110 cm³/mol. The fourth-order valence-corrected chi connectivity index (χ4v) is 3.55. The normalized spacial score (nSPS) is 20.0. The molecule has 0 spiro atoms. The number of rotatable bonds is 6. The Morgan fingerprint density at radius 1 is 1.17 bits per heavy atom. The predicted octanol–water partition coefficient (Wildman–Crippen LogP) is 3.20. The highest BCUT2D eigenvalue weighted by molar-refractivity contribution is 6.30. The van der Waals surface area contributed by atoms with Crippen LogP contribution in [0.15, 0.2) is 30.3 Å². The molecule has 1 saturated carbocycles. The molecule has 2 aromatic rings. The molecule has 1 aromatic carbocycles. The minimum Gasteiger partial charge on any atom is -0.484 e. The molecule has 1 aliphatic carbocycles. The lowest BCUT2D eigenvalue weighted by molar-refractivity contribution is 0.0863. The third-order valence-corrected chi connectivity index (χ3v) is 5.41. The summed E-state index contributed by atoms with van der Waals surface area (Å²) in [4.78, 5) is 27.8. The number of carbonyl (C=O) groups excluding carboxylic acids is 2. The van der Waals surface area contributed by atoms with Gasteiger partial charge in [0.25, 0.3) is 11.8 Å². The lowest BCUT2D eigenvalue weighted by Crippen LogP contribution is -2.38. The summed E-state index contributed by atoms with van der Waals surface area (Å²) in [5.41, 5.74) is 1.34. The first-order chi connectivity index (χ1) is 13.9. The van der Waals surface area contributed by atoms with Gasteiger partial charge in [0.15, 0.2) is 5.75 Å². The molecular weight excluding hydrogens is 394 g/mol. The van der Waals surface area contributed by atoms with Crippen molar-refractivity contribution in [3.05, 3.63) is 52.3 Å². The number of nitrogens with one attached hydrogen (secondary N) is 3. The van der Waals surface area contributed by atoms with Gasteiger partial charge in [-0.15, -0.1) is 0 Å². The summed E-state index contributed by atoms with van der Waals surface area (Å²) in [6.07, 6.45) is 2.17. The van der Waals surface area contributed by atoms with Crippen LogP contribution in [-0.4, -0.2) is 41.1 Å². The van der Waals surface area contributed by atoms with Crippen LogP contribution in [-0.2, 0) is 0 Å². The van der Waals surface area contributed by atoms with Crippen molar-refractivity contribution >= 4 is 23.4 Å². The number of aromatic nitrogens is 1. The van der Waals surface area contributed by atoms with E-state index in [-0.39, 0.29) is 41.5 Å². The summed E-state index contributed by atoms with van der Waals surface area (Å²) in [5.74, 6) is -0.371. The fourth-order valence-electron chi connectivity index (χ4n) is 3.42. The van der Waals surface area contributed by atoms with Crippen molar-refractivity contribution in [2.24, 2.45) is 0 Å². The Kier molecular flexibility index (Phi) is 6.82. The maximum atomic E-state index is 12.7. The molecule has 1 heterocycles. The van der Waals surface area contributed by atoms with Gasteiger partial charge in [-0.25, -0.2) is 0 Å². The molecule has 7 nitrogen and oxygen atoms in total. The minimum atomic E-state index is -0.372. The smallest absolute Gasteiger partial charge is 0.271 e. The van der Waals surface area contributed by atoms with Gasteiger partial charge < -0.3 is 25.5 Å². The second kappa shape index (κ2) is 9.33. The Hall–Kier alpha value is -2.51. The van der Waals surface area contributed by atoms with Crippen LogP contribution in [0.4, 0.5) is 0 Å². The summed E-state index contributed by atoms with van der Waals surface area (Å²) in [7, 11) is 1.52. The third kappa shape index (κ3) is 5.31. The van der Waals surface area contributed by atoms with Crippen LogP contribution in [0.5, 0.6) is 5.75 Å². The van der Waals surface area contributed by atoms with E-state index in [9.17, 15) is 14.7 Å². The maximum absolute atomic E-state index is 12.7. The standard InChI is InChI=1S/C21H26ClN3O4/c1-12(13-3-5-14(22)6-4-13)29-18-11-17(25-19(18)21(28)23-2)20(27)24-15-7-9-16(26)10-8-15/h3-6,11-12,15-16,25-26H,7-10H2,1-2H3,(H,23,28)(H,24,27)/t12-,15-,16-/m0/s1. The van der Waals surface area contributed by atoms with Crippen LogP contribution in [0, 0.1) is 0 Å². The van der Waals surface area contributed by atoms with Crippen LogP contribution in [0.1, 0.15) is 65.3 Å². The number of halogens is 1. The summed E-state index contributed by atoms with van der Waals surface area (Å²) < 4.78 is 5.98. The summed E-state index contributed by atoms with van der Waals surface area (Å²) >= 11 is 5.93. The number of H-pyrrole nitrogens is 1. The highest BCUT2D eigenvalue weighted by Gasteiger charge is 2.25. The van der Waals surface area contributed by atoms with E-state index in [2.05, 4.69) is 15.6 Å². The van der Waals surface area contributed by atoms with E-state index in [1.807, 2.05) is 19.1 Å². The number of hydrogen-bond donors (Lipinski definition) is 4. The van der Waals surface area contributed by atoms with Gasteiger partial charge >= 0.3 is 0 Å². The van der Waals surface area contributed by atoms with Gasteiger partial charge in [-0.2, -0.15) is 0 Å². The van der Waals surface area contributed by atoms with E-state index in [0.29, 0.717) is 23.6 Å². The zero-order valence-corrected chi connectivity index (χ0v) is 17.3. The molecule has 156 valence electrons. The van der Waals surface area contributed by atoms with Gasteiger partial charge in [0.1, 0.15) is 17.5 Å². The summed E-state index contributed by atoms with van der Waals surface area (Å²) in [5, 5.41) is 15.8. The van der Waals surface area contributed by atoms with E-state index in [0.717, 1.165) is 18.4 Å². The molecule has 29 heavy (non-hydrogen) atoms. The van der Waals surface area contributed by atoms with Crippen molar-refractivity contribution in [1.29, 1.82) is 0 Å². The molecule has 0 saturated heterocycles. The van der Waals surface area contributed by atoms with Crippen molar-refractivity contribution in [3.8, 4) is 5.75 Å². The first kappa shape index (κ1) is 21.2. The Morgan fingerprint density at radius 2 is 1.83 bits per heavy atom. The van der Waals surface area contributed by atoms with E-state index < -0.39 is 0 Å². The zero-order valence-electron chi connectivity index (χ0n) is 16.5. The lowest BCUT2D eigenvalue weighted by atomic mass is 9.93. The molecule has 0 unspecified atom stereocenters. The van der Waals surface area contributed by atoms with Crippen LogP contribution in [0.3, 0.4) is 0 Å². The van der Waals surface area contributed by atoms with Gasteiger partial charge in [-0.1, -0.05) is 23.7 Å². The van der Waals surface area contributed by atoms with Crippen molar-refractivity contribution < 1.29 is 19.4 Å². The average Bonchev–Trinajstić information content (AvgIpc) is 3.13. The molecule has 1 aromatic heterocycles. The molecule has 1 fully saturated rings. The molecule has 0 bridgehead atoms. The van der Waals surface area contributed by atoms with E-state index in [1.165, 1.54) is 7.05 Å². The van der Waals surface area contributed by atoms with E-state index >= 15 is 0 Å². The molecule has 0 aliphatic heterocycles. The van der Waals surface area contributed by atoms with Crippen molar-refractivity contribution in [2.45, 2.75) is 50.9 Å². The quantitative estimate of drug-likeness (QED) is 0.577. The number of aliphatic hydroxyl groups is 1. The molecule has 4 N–H and O–H groups in total. The average molecular weight is 420 g/mol. The fraction of sp³-hybridized carbons (Fsp3) is 0.429. The van der Waals surface area contributed by atoms with Gasteiger partial charge in [-0.3, -0.25) is 9.59 Å². The number of ether oxygens (including phenoxy) is 1. The Morgan fingerprint density at radius 3 is 2.45 bits per heavy atom. The second-order valence-corrected chi connectivity index (χ2v) is 7.73. The molecule has 3 rings (SSSR count). The molecule has 1 aliphatic rings. The SMILES string of the molecule is CNC(=O)c1[nH]c(C(=O)N[C@H]2CC[C@H](O)CC2)cc1O[C@@H](C)c1ccc(Cl)cc1. The van der Waals surface area contributed by atoms with Gasteiger partial charge in [0.05, 0.1) is 6.10 Å². The van der Waals surface area contributed by atoms with Crippen molar-refractivity contribution in [3.63, 3.8) is 0 Å². The van der Waals surface area contributed by atoms with Crippen LogP contribution < -0.4 is 15.4 Å². The Bertz CT molecular complexity index is 857. The van der Waals surface area contributed by atoms with Crippen LogP contribution in [0.2, 0.25) is 5.02 Å². The number of aromatic amines is 1. The monoisotopic (exact) mass is 419 g/mol. The van der Waals surface area contributed by atoms with Gasteiger partial charge in [-0.05, 0) is 50.3 Å². The van der Waals surface area contributed by atoms with Gasteiger partial charge in [0, 0.05) is 24.2 Å². The Balaban J connectivity index is 1.75. The minimum absolute atomic E-state index is 0.00927. The topological polar surface area (TPSA) is 103 Å². The molecular formula is C21H26ClN3O4. The number of amides is 2. The molecule has 8 heteroatoms. The third-order valence-electron chi connectivity index (χ3n) is 5.16. The Labute approximate surface area is 174 Å². The number of benzene rings is 1. The largest absolute Gasteiger partial charge is 0.484 e. The summed E-state index contributed by atoms with van der Waals surface area (Å²) in [6, 6.07) is 8.80. The van der Waals surface area contributed by atoms with Crippen LogP contribution in [0.25, 0.3) is 0 Å². The van der Waals surface area contributed by atoms with E-state index in [4.69, 9.17) is 16.3 Å². The number of aliphatic hydroxyl groups excluding tert-OH is 1. The van der Waals surface area contributed by atoms with Crippen LogP contribution >= 0.6 is 11.6 Å². The molecule has 1 atom stereocenters. The van der Waals surface area contributed by atoms with Crippen molar-refractivity contribution in [1.82, 2.24) is 15.6 Å². The maximum Gasteiger partial charge on any atom is 0.271 e. The van der Waals surface area contributed by atoms with Crippen molar-refractivity contribution in [2.75, 3.05) is 7.05 Å². The first-order valence-electron chi connectivity index (χ1n) is 9.73. The number of hydrogen-bond acceptors (Lipinski definition) is 4. The zero-order chi connectivity index (χ0) is 21.0. The highest BCUT2D eigenvalue weighted by atomic mass is 35.5. The first-order valence-corrected chi connectivity index (χ1v) is 10.1. The lowest BCUT2D eigenvalue weighted by Gasteiger charge is -2.25. The molecule has 2 amide bonds. The second-order valence-electron chi connectivity index (χ2n) is 7.29. The van der Waals surface area contributed by atoms with E-state index in [1.54, 1.807) is 18.2 Å². The molecule has 0 radical (unpaired) electrons. The van der Waals surface area contributed by atoms with Gasteiger partial charge in [0.2, 0.25) is 0 Å². The number of carbonyl (C=O) groups is 2.